The molecule has 1 heterocycles. The summed E-state index contributed by atoms with van der Waals surface area (Å²) in [6.45, 7) is 1.98. The number of thiocarbonyl (C=S) groups is 1. The molecule has 0 aliphatic rings. The van der Waals surface area contributed by atoms with Crippen molar-refractivity contribution in [2.75, 3.05) is 11.9 Å². The standard InChI is InChI=1S/C17H13ClN4O4S2/c1-2-26-12-7-6-9(8-11(12)22(24)25)15(23)20-16(27)21-17-19-14-10(18)4-3-5-13(14)28-17/h3-8H,2H2,1H3,(H2,19,20,21,23,27). The summed E-state index contributed by atoms with van der Waals surface area (Å²) in [5, 5.41) is 17.5. The van der Waals surface area contributed by atoms with Crippen molar-refractivity contribution < 1.29 is 14.5 Å². The van der Waals surface area contributed by atoms with E-state index in [2.05, 4.69) is 15.6 Å². The van der Waals surface area contributed by atoms with E-state index in [-0.39, 0.29) is 28.7 Å². The smallest absolute Gasteiger partial charge is 0.311 e. The van der Waals surface area contributed by atoms with Gasteiger partial charge in [-0.1, -0.05) is 29.0 Å². The van der Waals surface area contributed by atoms with E-state index in [0.29, 0.717) is 15.7 Å². The first kappa shape index (κ1) is 19.9. The molecule has 0 atom stereocenters. The number of nitro groups is 1. The summed E-state index contributed by atoms with van der Waals surface area (Å²) >= 11 is 12.6. The number of hydrogen-bond acceptors (Lipinski definition) is 7. The van der Waals surface area contributed by atoms with Gasteiger partial charge in [-0.25, -0.2) is 4.98 Å². The maximum atomic E-state index is 12.4. The van der Waals surface area contributed by atoms with Crippen molar-refractivity contribution in [3.63, 3.8) is 0 Å². The maximum Gasteiger partial charge on any atom is 0.311 e. The SMILES string of the molecule is CCOc1ccc(C(=O)NC(=S)Nc2nc3c(Cl)cccc3s2)cc1[N+](=O)[O-]. The number of carbonyl (C=O) groups is 1. The Hall–Kier alpha value is -2.82. The summed E-state index contributed by atoms with van der Waals surface area (Å²) in [5.74, 6) is -0.501. The molecule has 0 unspecified atom stereocenters. The van der Waals surface area contributed by atoms with Crippen LogP contribution < -0.4 is 15.4 Å². The molecule has 0 fully saturated rings. The Labute approximate surface area is 173 Å². The van der Waals surface area contributed by atoms with E-state index in [1.54, 1.807) is 13.0 Å². The van der Waals surface area contributed by atoms with Gasteiger partial charge in [0.15, 0.2) is 16.0 Å². The minimum Gasteiger partial charge on any atom is -0.487 e. The zero-order valence-corrected chi connectivity index (χ0v) is 16.8. The van der Waals surface area contributed by atoms with E-state index in [1.165, 1.54) is 23.5 Å². The number of nitro benzene ring substituents is 1. The normalized spacial score (nSPS) is 10.5. The number of thiazole rings is 1. The van der Waals surface area contributed by atoms with E-state index in [9.17, 15) is 14.9 Å². The third-order valence-corrected chi connectivity index (χ3v) is 4.98. The van der Waals surface area contributed by atoms with E-state index in [4.69, 9.17) is 28.6 Å². The second-order valence-electron chi connectivity index (χ2n) is 5.39. The third-order valence-electron chi connectivity index (χ3n) is 3.53. The highest BCUT2D eigenvalue weighted by molar-refractivity contribution is 7.80. The summed E-state index contributed by atoms with van der Waals surface area (Å²) in [4.78, 5) is 27.3. The number of nitrogens with zero attached hydrogens (tertiary/aromatic N) is 2. The van der Waals surface area contributed by atoms with Crippen LogP contribution in [0.5, 0.6) is 5.75 Å². The molecule has 11 heteroatoms. The Balaban J connectivity index is 1.73. The number of aromatic nitrogens is 1. The second-order valence-corrected chi connectivity index (χ2v) is 7.23. The van der Waals surface area contributed by atoms with Crippen molar-refractivity contribution >= 4 is 67.2 Å². The maximum absolute atomic E-state index is 12.4. The molecule has 2 aromatic carbocycles. The van der Waals surface area contributed by atoms with Gasteiger partial charge in [-0.15, -0.1) is 0 Å². The number of nitrogens with one attached hydrogen (secondary N) is 2. The molecule has 1 aromatic heterocycles. The summed E-state index contributed by atoms with van der Waals surface area (Å²) in [6.07, 6.45) is 0. The molecule has 0 bridgehead atoms. The molecule has 144 valence electrons. The molecule has 0 aliphatic heterocycles. The van der Waals surface area contributed by atoms with Gasteiger partial charge in [-0.2, -0.15) is 0 Å². The number of anilines is 1. The lowest BCUT2D eigenvalue weighted by Gasteiger charge is -2.08. The Morgan fingerprint density at radius 2 is 2.18 bits per heavy atom. The number of rotatable bonds is 5. The predicted molar refractivity (Wildman–Crippen MR) is 113 cm³/mol. The molecule has 8 nitrogen and oxygen atoms in total. The fraction of sp³-hybridized carbons (Fsp3) is 0.118. The Bertz CT molecular complexity index is 1090. The Kier molecular flexibility index (Phi) is 6.02. The number of halogens is 1. The number of para-hydroxylation sites is 1. The number of hydrogen-bond donors (Lipinski definition) is 2. The van der Waals surface area contributed by atoms with Crippen LogP contribution >= 0.6 is 35.2 Å². The molecule has 3 rings (SSSR count). The fourth-order valence-corrected chi connectivity index (χ4v) is 3.77. The van der Waals surface area contributed by atoms with Crippen LogP contribution in [-0.2, 0) is 0 Å². The first-order chi connectivity index (χ1) is 13.4. The molecular formula is C17H13ClN4O4S2. The molecule has 0 saturated heterocycles. The van der Waals surface area contributed by atoms with Gasteiger partial charge < -0.3 is 10.1 Å². The van der Waals surface area contributed by atoms with Crippen LogP contribution in [0, 0.1) is 10.1 Å². The van der Waals surface area contributed by atoms with Crippen LogP contribution in [0.2, 0.25) is 5.02 Å². The van der Waals surface area contributed by atoms with E-state index >= 15 is 0 Å². The molecular weight excluding hydrogens is 424 g/mol. The van der Waals surface area contributed by atoms with E-state index < -0.39 is 10.8 Å². The lowest BCUT2D eigenvalue weighted by Crippen LogP contribution is -2.34. The van der Waals surface area contributed by atoms with Gasteiger partial charge >= 0.3 is 5.69 Å². The van der Waals surface area contributed by atoms with E-state index in [0.717, 1.165) is 10.8 Å². The topological polar surface area (TPSA) is 106 Å². The molecule has 28 heavy (non-hydrogen) atoms. The minimum absolute atomic E-state index is 0.0108. The summed E-state index contributed by atoms with van der Waals surface area (Å²) in [6, 6.07) is 9.35. The molecule has 0 aliphatic carbocycles. The van der Waals surface area contributed by atoms with Gasteiger partial charge in [0.05, 0.1) is 21.3 Å². The number of fused-ring (bicyclic) bond motifs is 1. The molecule has 0 spiro atoms. The second kappa shape index (κ2) is 8.46. The fourth-order valence-electron chi connectivity index (χ4n) is 2.35. The largest absolute Gasteiger partial charge is 0.487 e. The van der Waals surface area contributed by atoms with Crippen molar-refractivity contribution in [1.29, 1.82) is 0 Å². The predicted octanol–water partition coefficient (Wildman–Crippen LogP) is 4.38. The average molecular weight is 437 g/mol. The Morgan fingerprint density at radius 3 is 2.86 bits per heavy atom. The highest BCUT2D eigenvalue weighted by Gasteiger charge is 2.19. The first-order valence-corrected chi connectivity index (χ1v) is 9.58. The van der Waals surface area contributed by atoms with Crippen molar-refractivity contribution in [2.45, 2.75) is 6.92 Å². The lowest BCUT2D eigenvalue weighted by atomic mass is 10.1. The van der Waals surface area contributed by atoms with Crippen LogP contribution in [-0.4, -0.2) is 27.5 Å². The van der Waals surface area contributed by atoms with Gasteiger partial charge in [-0.05, 0) is 43.4 Å². The van der Waals surface area contributed by atoms with Gasteiger partial charge in [0.2, 0.25) is 0 Å². The molecule has 0 saturated carbocycles. The third kappa shape index (κ3) is 4.35. The zero-order valence-electron chi connectivity index (χ0n) is 14.4. The summed E-state index contributed by atoms with van der Waals surface area (Å²) in [7, 11) is 0. The Morgan fingerprint density at radius 1 is 1.39 bits per heavy atom. The lowest BCUT2D eigenvalue weighted by molar-refractivity contribution is -0.385. The van der Waals surface area contributed by atoms with Crippen molar-refractivity contribution in [2.24, 2.45) is 0 Å². The molecule has 2 N–H and O–H groups in total. The highest BCUT2D eigenvalue weighted by Crippen LogP contribution is 2.31. The molecule has 3 aromatic rings. The van der Waals surface area contributed by atoms with E-state index in [1.807, 2.05) is 12.1 Å². The van der Waals surface area contributed by atoms with Crippen LogP contribution in [0.15, 0.2) is 36.4 Å². The van der Waals surface area contributed by atoms with Crippen molar-refractivity contribution in [3.8, 4) is 5.75 Å². The summed E-state index contributed by atoms with van der Waals surface area (Å²) in [5.41, 5.74) is 0.411. The molecule has 1 amide bonds. The van der Waals surface area contributed by atoms with Gasteiger partial charge in [0.25, 0.3) is 5.91 Å². The van der Waals surface area contributed by atoms with Gasteiger partial charge in [0.1, 0.15) is 5.52 Å². The number of benzene rings is 2. The van der Waals surface area contributed by atoms with Crippen LogP contribution in [0.1, 0.15) is 17.3 Å². The minimum atomic E-state index is -0.608. The van der Waals surface area contributed by atoms with Crippen molar-refractivity contribution in [3.05, 3.63) is 57.1 Å². The van der Waals surface area contributed by atoms with Gasteiger partial charge in [-0.3, -0.25) is 20.2 Å². The zero-order chi connectivity index (χ0) is 20.3. The van der Waals surface area contributed by atoms with Crippen LogP contribution in [0.4, 0.5) is 10.8 Å². The summed E-state index contributed by atoms with van der Waals surface area (Å²) < 4.78 is 6.07. The van der Waals surface area contributed by atoms with Crippen molar-refractivity contribution in [1.82, 2.24) is 10.3 Å². The van der Waals surface area contributed by atoms with Crippen LogP contribution in [0.3, 0.4) is 0 Å². The van der Waals surface area contributed by atoms with Crippen LogP contribution in [0.25, 0.3) is 10.2 Å². The highest BCUT2D eigenvalue weighted by atomic mass is 35.5. The number of carbonyl (C=O) groups excluding carboxylic acids is 1. The average Bonchev–Trinajstić information content (AvgIpc) is 3.05. The number of amides is 1. The quantitative estimate of drug-likeness (QED) is 0.347. The monoisotopic (exact) mass is 436 g/mol. The van der Waals surface area contributed by atoms with Gasteiger partial charge in [0, 0.05) is 11.6 Å². The molecule has 0 radical (unpaired) electrons. The number of ether oxygens (including phenoxy) is 1. The first-order valence-electron chi connectivity index (χ1n) is 7.97.